The first-order chi connectivity index (χ1) is 20.6. The molecule has 8 heteroatoms. The Morgan fingerprint density at radius 2 is 1.69 bits per heavy atom. The van der Waals surface area contributed by atoms with E-state index in [1.807, 2.05) is 53.4 Å². The minimum Gasteiger partial charge on any atom is -0.383 e. The van der Waals surface area contributed by atoms with Crippen LogP contribution in [0.3, 0.4) is 0 Å². The Kier molecular flexibility index (Phi) is 8.91. The number of benzene rings is 2. The topological polar surface area (TPSA) is 73.4 Å². The van der Waals surface area contributed by atoms with Crippen LogP contribution >= 0.6 is 0 Å². The number of nitrogens with zero attached hydrogens (tertiary/aromatic N) is 4. The van der Waals surface area contributed by atoms with Crippen molar-refractivity contribution in [2.75, 3.05) is 51.3 Å². The van der Waals surface area contributed by atoms with Gasteiger partial charge in [-0.05, 0) is 75.7 Å². The normalized spacial score (nSPS) is 23.3. The van der Waals surface area contributed by atoms with Crippen molar-refractivity contribution in [1.29, 1.82) is 0 Å². The summed E-state index contributed by atoms with van der Waals surface area (Å²) in [5, 5.41) is 0. The SMILES string of the molecule is COCCN(CC1CCCN2CCCCC12)C(=O)CCCCCN1C(=O)c2ccccc2N2C(=O)c3ccccc3C12. The number of anilines is 1. The monoisotopic (exact) mass is 572 g/mol. The van der Waals surface area contributed by atoms with Gasteiger partial charge in [0, 0.05) is 50.3 Å². The number of piperidine rings is 2. The lowest BCUT2D eigenvalue weighted by Gasteiger charge is -2.45. The molecule has 8 nitrogen and oxygen atoms in total. The molecule has 2 aromatic rings. The number of hydrogen-bond donors (Lipinski definition) is 0. The van der Waals surface area contributed by atoms with Gasteiger partial charge in [0.15, 0.2) is 0 Å². The number of methoxy groups -OCH3 is 1. The molecular weight excluding hydrogens is 528 g/mol. The predicted octanol–water partition coefficient (Wildman–Crippen LogP) is 5.10. The Balaban J connectivity index is 1.06. The van der Waals surface area contributed by atoms with Gasteiger partial charge >= 0.3 is 0 Å². The van der Waals surface area contributed by atoms with Crippen molar-refractivity contribution in [3.63, 3.8) is 0 Å². The Morgan fingerprint density at radius 3 is 2.55 bits per heavy atom. The average Bonchev–Trinajstić information content (AvgIpc) is 3.32. The highest BCUT2D eigenvalue weighted by molar-refractivity contribution is 6.16. The zero-order valence-corrected chi connectivity index (χ0v) is 24.9. The highest BCUT2D eigenvalue weighted by Crippen LogP contribution is 2.45. The van der Waals surface area contributed by atoms with Crippen LogP contribution in [0.25, 0.3) is 0 Å². The zero-order chi connectivity index (χ0) is 29.1. The fourth-order valence-corrected chi connectivity index (χ4v) is 7.69. The summed E-state index contributed by atoms with van der Waals surface area (Å²) in [7, 11) is 1.70. The van der Waals surface area contributed by atoms with Crippen LogP contribution in [0.15, 0.2) is 48.5 Å². The predicted molar refractivity (Wildman–Crippen MR) is 162 cm³/mol. The van der Waals surface area contributed by atoms with Gasteiger partial charge in [-0.25, -0.2) is 0 Å². The van der Waals surface area contributed by atoms with E-state index in [1.54, 1.807) is 12.0 Å². The summed E-state index contributed by atoms with van der Waals surface area (Å²) in [6.07, 6.45) is 8.78. The zero-order valence-electron chi connectivity index (χ0n) is 24.9. The Morgan fingerprint density at radius 1 is 0.905 bits per heavy atom. The quantitative estimate of drug-likeness (QED) is 0.350. The van der Waals surface area contributed by atoms with Crippen LogP contribution in [0.2, 0.25) is 0 Å². The minimum absolute atomic E-state index is 0.0394. The number of para-hydroxylation sites is 1. The van der Waals surface area contributed by atoms with Gasteiger partial charge in [0.2, 0.25) is 5.91 Å². The van der Waals surface area contributed by atoms with Gasteiger partial charge in [-0.15, -0.1) is 0 Å². The highest BCUT2D eigenvalue weighted by atomic mass is 16.5. The lowest BCUT2D eigenvalue weighted by molar-refractivity contribution is -0.133. The van der Waals surface area contributed by atoms with E-state index in [1.165, 1.54) is 45.2 Å². The Bertz CT molecular complexity index is 1300. The first-order valence-corrected chi connectivity index (χ1v) is 15.9. The number of carbonyl (C=O) groups is 3. The molecule has 0 bridgehead atoms. The molecule has 6 rings (SSSR count). The molecular formula is C34H44N4O4. The summed E-state index contributed by atoms with van der Waals surface area (Å²) >= 11 is 0. The summed E-state index contributed by atoms with van der Waals surface area (Å²) in [6.45, 7) is 4.98. The lowest BCUT2D eigenvalue weighted by Crippen LogP contribution is -2.52. The van der Waals surface area contributed by atoms with Crippen molar-refractivity contribution in [1.82, 2.24) is 14.7 Å². The molecule has 2 saturated heterocycles. The summed E-state index contributed by atoms with van der Waals surface area (Å²) in [5.74, 6) is 0.663. The van der Waals surface area contributed by atoms with Gasteiger partial charge in [-0.3, -0.25) is 19.3 Å². The van der Waals surface area contributed by atoms with Crippen molar-refractivity contribution in [3.05, 3.63) is 65.2 Å². The summed E-state index contributed by atoms with van der Waals surface area (Å²) in [4.78, 5) is 48.8. The van der Waals surface area contributed by atoms with Gasteiger partial charge < -0.3 is 19.4 Å². The number of unbranched alkanes of at least 4 members (excludes halogenated alkanes) is 2. The number of hydrogen-bond acceptors (Lipinski definition) is 5. The third-order valence-corrected chi connectivity index (χ3v) is 9.77. The maximum absolute atomic E-state index is 13.6. The molecule has 224 valence electrons. The number of rotatable bonds is 11. The molecule has 0 N–H and O–H groups in total. The average molecular weight is 573 g/mol. The van der Waals surface area contributed by atoms with E-state index in [0.29, 0.717) is 54.9 Å². The molecule has 3 amide bonds. The number of fused-ring (bicyclic) bond motifs is 6. The molecule has 3 unspecified atom stereocenters. The van der Waals surface area contributed by atoms with Gasteiger partial charge in [-0.2, -0.15) is 0 Å². The maximum atomic E-state index is 13.6. The molecule has 42 heavy (non-hydrogen) atoms. The molecule has 0 radical (unpaired) electrons. The van der Waals surface area contributed by atoms with E-state index in [2.05, 4.69) is 9.80 Å². The van der Waals surface area contributed by atoms with Gasteiger partial charge in [0.05, 0.1) is 17.9 Å². The third-order valence-electron chi connectivity index (χ3n) is 9.77. The number of carbonyl (C=O) groups excluding carboxylic acids is 3. The van der Waals surface area contributed by atoms with Crippen molar-refractivity contribution in [2.45, 2.75) is 70.0 Å². The van der Waals surface area contributed by atoms with E-state index in [-0.39, 0.29) is 17.7 Å². The first kappa shape index (κ1) is 28.9. The van der Waals surface area contributed by atoms with E-state index >= 15 is 0 Å². The van der Waals surface area contributed by atoms with Crippen LogP contribution in [-0.2, 0) is 9.53 Å². The molecule has 0 saturated carbocycles. The van der Waals surface area contributed by atoms with E-state index in [0.717, 1.165) is 31.4 Å². The molecule has 2 aromatic carbocycles. The number of amides is 3. The van der Waals surface area contributed by atoms with E-state index < -0.39 is 6.17 Å². The first-order valence-electron chi connectivity index (χ1n) is 15.9. The van der Waals surface area contributed by atoms with Crippen molar-refractivity contribution in [2.24, 2.45) is 5.92 Å². The largest absolute Gasteiger partial charge is 0.383 e. The summed E-state index contributed by atoms with van der Waals surface area (Å²) in [6, 6.07) is 15.6. The van der Waals surface area contributed by atoms with Gasteiger partial charge in [0.1, 0.15) is 6.17 Å². The summed E-state index contributed by atoms with van der Waals surface area (Å²) < 4.78 is 5.36. The molecule has 0 aromatic heterocycles. The minimum atomic E-state index is -0.419. The molecule has 4 aliphatic rings. The van der Waals surface area contributed by atoms with E-state index in [9.17, 15) is 14.4 Å². The van der Waals surface area contributed by atoms with Crippen LogP contribution < -0.4 is 4.90 Å². The smallest absolute Gasteiger partial charge is 0.260 e. The number of ether oxygens (including phenoxy) is 1. The summed E-state index contributed by atoms with van der Waals surface area (Å²) in [5.41, 5.74) is 2.79. The second-order valence-corrected chi connectivity index (χ2v) is 12.3. The molecule has 4 aliphatic heterocycles. The molecule has 3 atom stereocenters. The van der Waals surface area contributed by atoms with Crippen LogP contribution in [0.4, 0.5) is 5.69 Å². The molecule has 0 spiro atoms. The van der Waals surface area contributed by atoms with Crippen molar-refractivity contribution >= 4 is 23.4 Å². The second kappa shape index (κ2) is 13.0. The molecule has 0 aliphatic carbocycles. The molecule has 4 heterocycles. The second-order valence-electron chi connectivity index (χ2n) is 12.3. The third kappa shape index (κ3) is 5.59. The van der Waals surface area contributed by atoms with Crippen LogP contribution in [0.1, 0.15) is 90.2 Å². The Labute approximate surface area is 249 Å². The van der Waals surface area contributed by atoms with Crippen molar-refractivity contribution in [3.8, 4) is 0 Å². The fourth-order valence-electron chi connectivity index (χ4n) is 7.69. The lowest BCUT2D eigenvalue weighted by atomic mass is 9.83. The van der Waals surface area contributed by atoms with E-state index in [4.69, 9.17) is 4.74 Å². The Hall–Kier alpha value is -3.23. The standard InChI is InChI=1S/C34H44N4O4/c1-42-23-22-36(24-25-12-11-20-35-19-10-8-16-29(25)35)31(39)18-3-2-9-21-37-32-26-13-4-5-14-27(26)34(41)38(32)30-17-7-6-15-28(30)33(37)40/h4-7,13-15,17,25,29,32H,2-3,8-12,16,18-24H2,1H3. The fraction of sp³-hybridized carbons (Fsp3) is 0.559. The molecule has 2 fully saturated rings. The van der Waals surface area contributed by atoms with Crippen molar-refractivity contribution < 1.29 is 19.1 Å². The van der Waals surface area contributed by atoms with Crippen LogP contribution in [0, 0.1) is 5.92 Å². The van der Waals surface area contributed by atoms with Gasteiger partial charge in [0.25, 0.3) is 11.8 Å². The maximum Gasteiger partial charge on any atom is 0.260 e. The van der Waals surface area contributed by atoms with Crippen LogP contribution in [0.5, 0.6) is 0 Å². The van der Waals surface area contributed by atoms with Gasteiger partial charge in [-0.1, -0.05) is 43.2 Å². The highest BCUT2D eigenvalue weighted by Gasteiger charge is 2.47. The van der Waals surface area contributed by atoms with Crippen LogP contribution in [-0.4, -0.2) is 84.9 Å².